The van der Waals surface area contributed by atoms with Crippen LogP contribution in [0.4, 0.5) is 0 Å². The van der Waals surface area contributed by atoms with Crippen molar-refractivity contribution in [3.63, 3.8) is 0 Å². The smallest absolute Gasteiger partial charge is 0.226 e. The van der Waals surface area contributed by atoms with Crippen molar-refractivity contribution in [1.29, 1.82) is 0 Å². The second kappa shape index (κ2) is 7.14. The fraction of sp³-hybridized carbons (Fsp3) is 0.533. The van der Waals surface area contributed by atoms with Crippen LogP contribution >= 0.6 is 0 Å². The largest absolute Gasteiger partial charge is 0.494 e. The minimum atomic E-state index is -0.403. The van der Waals surface area contributed by atoms with E-state index in [0.717, 1.165) is 12.3 Å². The Morgan fingerprint density at radius 1 is 1.26 bits per heavy atom. The van der Waals surface area contributed by atoms with Crippen LogP contribution in [-0.4, -0.2) is 26.1 Å². The average Bonchev–Trinajstić information content (AvgIpc) is 2.40. The second-order valence-electron chi connectivity index (χ2n) is 5.14. The van der Waals surface area contributed by atoms with Crippen molar-refractivity contribution < 1.29 is 9.53 Å². The van der Waals surface area contributed by atoms with Gasteiger partial charge in [0.2, 0.25) is 5.91 Å². The van der Waals surface area contributed by atoms with Gasteiger partial charge < -0.3 is 15.4 Å². The number of rotatable bonds is 7. The van der Waals surface area contributed by atoms with E-state index in [2.05, 4.69) is 10.6 Å². The maximum absolute atomic E-state index is 11.6. The SMILES string of the molecule is CCOc1ccc(CNCC(C)(C)C(=O)NC)cc1. The number of ether oxygens (including phenoxy) is 1. The van der Waals surface area contributed by atoms with Gasteiger partial charge in [-0.3, -0.25) is 4.79 Å². The van der Waals surface area contributed by atoms with E-state index in [1.807, 2.05) is 45.0 Å². The van der Waals surface area contributed by atoms with Crippen LogP contribution < -0.4 is 15.4 Å². The van der Waals surface area contributed by atoms with Gasteiger partial charge in [-0.15, -0.1) is 0 Å². The Hall–Kier alpha value is -1.55. The highest BCUT2D eigenvalue weighted by molar-refractivity contribution is 5.81. The van der Waals surface area contributed by atoms with Crippen LogP contribution in [0, 0.1) is 5.41 Å². The van der Waals surface area contributed by atoms with Crippen LogP contribution in [0.25, 0.3) is 0 Å². The third-order valence-corrected chi connectivity index (χ3v) is 2.97. The molecule has 19 heavy (non-hydrogen) atoms. The zero-order valence-electron chi connectivity index (χ0n) is 12.2. The van der Waals surface area contributed by atoms with Crippen molar-refractivity contribution in [3.05, 3.63) is 29.8 Å². The van der Waals surface area contributed by atoms with Gasteiger partial charge in [-0.1, -0.05) is 12.1 Å². The Kier molecular flexibility index (Phi) is 5.83. The predicted molar refractivity (Wildman–Crippen MR) is 77.2 cm³/mol. The van der Waals surface area contributed by atoms with Crippen LogP contribution in [0.2, 0.25) is 0 Å². The maximum Gasteiger partial charge on any atom is 0.226 e. The van der Waals surface area contributed by atoms with Crippen LogP contribution in [0.15, 0.2) is 24.3 Å². The lowest BCUT2D eigenvalue weighted by atomic mass is 9.92. The molecule has 0 heterocycles. The molecule has 0 unspecified atom stereocenters. The zero-order chi connectivity index (χ0) is 14.3. The number of carbonyl (C=O) groups excluding carboxylic acids is 1. The van der Waals surface area contributed by atoms with Crippen LogP contribution in [0.3, 0.4) is 0 Å². The predicted octanol–water partition coefficient (Wildman–Crippen LogP) is 1.95. The van der Waals surface area contributed by atoms with Gasteiger partial charge in [-0.2, -0.15) is 0 Å². The summed E-state index contributed by atoms with van der Waals surface area (Å²) >= 11 is 0. The van der Waals surface area contributed by atoms with Gasteiger partial charge in [0.25, 0.3) is 0 Å². The van der Waals surface area contributed by atoms with Gasteiger partial charge in [0, 0.05) is 20.1 Å². The summed E-state index contributed by atoms with van der Waals surface area (Å²) in [5.41, 5.74) is 0.774. The molecular weight excluding hydrogens is 240 g/mol. The summed E-state index contributed by atoms with van der Waals surface area (Å²) in [7, 11) is 1.66. The summed E-state index contributed by atoms with van der Waals surface area (Å²) in [5, 5.41) is 5.99. The summed E-state index contributed by atoms with van der Waals surface area (Å²) in [6.45, 7) is 7.88. The lowest BCUT2D eigenvalue weighted by Crippen LogP contribution is -2.41. The normalized spacial score (nSPS) is 11.2. The third-order valence-electron chi connectivity index (χ3n) is 2.97. The van der Waals surface area contributed by atoms with E-state index >= 15 is 0 Å². The maximum atomic E-state index is 11.6. The molecule has 1 rings (SSSR count). The third kappa shape index (κ3) is 4.91. The molecular formula is C15H24N2O2. The quantitative estimate of drug-likeness (QED) is 0.791. The molecule has 1 amide bonds. The van der Waals surface area contributed by atoms with Gasteiger partial charge in [-0.25, -0.2) is 0 Å². The highest BCUT2D eigenvalue weighted by atomic mass is 16.5. The van der Waals surface area contributed by atoms with Gasteiger partial charge in [0.15, 0.2) is 0 Å². The van der Waals surface area contributed by atoms with E-state index in [1.165, 1.54) is 5.56 Å². The Bertz CT molecular complexity index is 399. The second-order valence-corrected chi connectivity index (χ2v) is 5.14. The zero-order valence-corrected chi connectivity index (χ0v) is 12.2. The Morgan fingerprint density at radius 2 is 1.89 bits per heavy atom. The molecule has 0 aromatic heterocycles. The summed E-state index contributed by atoms with van der Waals surface area (Å²) in [6, 6.07) is 7.99. The topological polar surface area (TPSA) is 50.4 Å². The standard InChI is InChI=1S/C15H24N2O2/c1-5-19-13-8-6-12(7-9-13)10-17-11-15(2,3)14(18)16-4/h6-9,17H,5,10-11H2,1-4H3,(H,16,18). The summed E-state index contributed by atoms with van der Waals surface area (Å²) in [6.07, 6.45) is 0. The molecule has 4 nitrogen and oxygen atoms in total. The number of amides is 1. The van der Waals surface area contributed by atoms with Crippen molar-refractivity contribution in [2.75, 3.05) is 20.2 Å². The van der Waals surface area contributed by atoms with E-state index in [9.17, 15) is 4.79 Å². The average molecular weight is 264 g/mol. The summed E-state index contributed by atoms with van der Waals surface area (Å²) < 4.78 is 5.39. The van der Waals surface area contributed by atoms with Crippen molar-refractivity contribution in [1.82, 2.24) is 10.6 Å². The molecule has 4 heteroatoms. The molecule has 1 aromatic carbocycles. The minimum Gasteiger partial charge on any atom is -0.494 e. The first-order chi connectivity index (χ1) is 8.99. The van der Waals surface area contributed by atoms with Crippen LogP contribution in [0.5, 0.6) is 5.75 Å². The monoisotopic (exact) mass is 264 g/mol. The molecule has 0 spiro atoms. The molecule has 0 fully saturated rings. The Morgan fingerprint density at radius 3 is 2.42 bits per heavy atom. The molecule has 0 saturated carbocycles. The van der Waals surface area contributed by atoms with Crippen LogP contribution in [-0.2, 0) is 11.3 Å². The van der Waals surface area contributed by atoms with E-state index in [-0.39, 0.29) is 5.91 Å². The first-order valence-corrected chi connectivity index (χ1v) is 6.64. The number of hydrogen-bond acceptors (Lipinski definition) is 3. The fourth-order valence-corrected chi connectivity index (χ4v) is 1.81. The first kappa shape index (κ1) is 15.5. The summed E-state index contributed by atoms with van der Waals surface area (Å²) in [4.78, 5) is 11.6. The van der Waals surface area contributed by atoms with Crippen molar-refractivity contribution in [2.24, 2.45) is 5.41 Å². The molecule has 106 valence electrons. The van der Waals surface area contributed by atoms with Crippen LogP contribution in [0.1, 0.15) is 26.3 Å². The Labute approximate surface area is 115 Å². The van der Waals surface area contributed by atoms with E-state index < -0.39 is 5.41 Å². The molecule has 0 aliphatic carbocycles. The van der Waals surface area contributed by atoms with Crippen molar-refractivity contribution in [2.45, 2.75) is 27.3 Å². The summed E-state index contributed by atoms with van der Waals surface area (Å²) in [5.74, 6) is 0.934. The van der Waals surface area contributed by atoms with Gasteiger partial charge >= 0.3 is 0 Å². The number of benzene rings is 1. The molecule has 0 aliphatic rings. The molecule has 0 bridgehead atoms. The number of hydrogen-bond donors (Lipinski definition) is 2. The van der Waals surface area contributed by atoms with Gasteiger partial charge in [0.05, 0.1) is 12.0 Å². The number of carbonyl (C=O) groups is 1. The van der Waals surface area contributed by atoms with Crippen molar-refractivity contribution in [3.8, 4) is 5.75 Å². The molecule has 1 aromatic rings. The molecule has 0 atom stereocenters. The highest BCUT2D eigenvalue weighted by Crippen LogP contribution is 2.15. The van der Waals surface area contributed by atoms with Crippen molar-refractivity contribution >= 4 is 5.91 Å². The molecule has 0 aliphatic heterocycles. The van der Waals surface area contributed by atoms with E-state index in [4.69, 9.17) is 4.74 Å². The molecule has 0 saturated heterocycles. The lowest BCUT2D eigenvalue weighted by molar-refractivity contribution is -0.128. The number of nitrogens with one attached hydrogen (secondary N) is 2. The Balaban J connectivity index is 2.42. The molecule has 0 radical (unpaired) electrons. The van der Waals surface area contributed by atoms with Gasteiger partial charge in [0.1, 0.15) is 5.75 Å². The first-order valence-electron chi connectivity index (χ1n) is 6.64. The lowest BCUT2D eigenvalue weighted by Gasteiger charge is -2.23. The van der Waals surface area contributed by atoms with E-state index in [0.29, 0.717) is 13.2 Å². The van der Waals surface area contributed by atoms with Gasteiger partial charge in [-0.05, 0) is 38.5 Å². The molecule has 2 N–H and O–H groups in total. The fourth-order valence-electron chi connectivity index (χ4n) is 1.81. The minimum absolute atomic E-state index is 0.0479. The van der Waals surface area contributed by atoms with E-state index in [1.54, 1.807) is 7.05 Å². The highest BCUT2D eigenvalue weighted by Gasteiger charge is 2.25.